The number of aldehydes is 1. The minimum absolute atomic E-state index is 0.0559. The molecule has 1 aliphatic carbocycles. The van der Waals surface area contributed by atoms with Crippen LogP contribution in [0.15, 0.2) is 35.5 Å². The zero-order chi connectivity index (χ0) is 20.1. The van der Waals surface area contributed by atoms with Gasteiger partial charge in [-0.1, -0.05) is 26.5 Å². The van der Waals surface area contributed by atoms with Gasteiger partial charge in [0.25, 0.3) is 0 Å². The lowest BCUT2D eigenvalue weighted by molar-refractivity contribution is -0.162. The SMILES string of the molecule is C=C1C(=O)O[C@@H]2/C=C(/CO)CC/C=C(/C=O)[C@H](O)[C@H](OC(=O)[C@@H](C)CC)[C@H]12. The van der Waals surface area contributed by atoms with Crippen molar-refractivity contribution in [1.82, 2.24) is 0 Å². The Hall–Kier alpha value is -2.25. The van der Waals surface area contributed by atoms with Crippen molar-refractivity contribution < 1.29 is 34.1 Å². The van der Waals surface area contributed by atoms with Crippen LogP contribution in [0.2, 0.25) is 0 Å². The summed E-state index contributed by atoms with van der Waals surface area (Å²) in [6.45, 7) is 7.01. The van der Waals surface area contributed by atoms with E-state index in [4.69, 9.17) is 9.47 Å². The van der Waals surface area contributed by atoms with Crippen LogP contribution in [-0.2, 0) is 23.9 Å². The first-order valence-electron chi connectivity index (χ1n) is 9.08. The summed E-state index contributed by atoms with van der Waals surface area (Å²) in [4.78, 5) is 36.0. The lowest BCUT2D eigenvalue weighted by Crippen LogP contribution is -2.43. The van der Waals surface area contributed by atoms with Gasteiger partial charge in [-0.25, -0.2) is 4.79 Å². The van der Waals surface area contributed by atoms with E-state index in [1.54, 1.807) is 19.1 Å². The number of hydrogen-bond acceptors (Lipinski definition) is 7. The zero-order valence-corrected chi connectivity index (χ0v) is 15.6. The normalized spacial score (nSPS) is 33.6. The molecule has 7 nitrogen and oxygen atoms in total. The lowest BCUT2D eigenvalue weighted by Gasteiger charge is -2.31. The van der Waals surface area contributed by atoms with E-state index >= 15 is 0 Å². The molecule has 0 saturated carbocycles. The second-order valence-electron chi connectivity index (χ2n) is 6.92. The minimum atomic E-state index is -1.42. The van der Waals surface area contributed by atoms with E-state index in [1.165, 1.54) is 0 Å². The summed E-state index contributed by atoms with van der Waals surface area (Å²) in [7, 11) is 0. The Morgan fingerprint density at radius 2 is 2.22 bits per heavy atom. The summed E-state index contributed by atoms with van der Waals surface area (Å²) >= 11 is 0. The molecule has 1 saturated heterocycles. The molecule has 2 rings (SSSR count). The van der Waals surface area contributed by atoms with Crippen LogP contribution < -0.4 is 0 Å². The summed E-state index contributed by atoms with van der Waals surface area (Å²) in [5.41, 5.74) is 0.736. The quantitative estimate of drug-likeness (QED) is 0.320. The average molecular weight is 378 g/mol. The number of aliphatic hydroxyl groups excluding tert-OH is 2. The number of allylic oxidation sites excluding steroid dienone is 1. The third kappa shape index (κ3) is 4.54. The summed E-state index contributed by atoms with van der Waals surface area (Å²) in [5.74, 6) is -2.47. The zero-order valence-electron chi connectivity index (χ0n) is 15.6. The maximum atomic E-state index is 12.4. The van der Waals surface area contributed by atoms with Crippen LogP contribution in [0.1, 0.15) is 33.1 Å². The highest BCUT2D eigenvalue weighted by molar-refractivity contribution is 5.91. The van der Waals surface area contributed by atoms with Gasteiger partial charge in [0.15, 0.2) is 0 Å². The van der Waals surface area contributed by atoms with Crippen molar-refractivity contribution >= 4 is 18.2 Å². The molecule has 0 aromatic carbocycles. The van der Waals surface area contributed by atoms with Crippen LogP contribution in [0.3, 0.4) is 0 Å². The summed E-state index contributed by atoms with van der Waals surface area (Å²) in [5, 5.41) is 20.3. The fourth-order valence-corrected chi connectivity index (χ4v) is 3.18. The summed E-state index contributed by atoms with van der Waals surface area (Å²) in [6, 6.07) is 0. The van der Waals surface area contributed by atoms with E-state index in [2.05, 4.69) is 6.58 Å². The topological polar surface area (TPSA) is 110 Å². The van der Waals surface area contributed by atoms with Crippen molar-refractivity contribution in [3.63, 3.8) is 0 Å². The van der Waals surface area contributed by atoms with Gasteiger partial charge in [-0.3, -0.25) is 9.59 Å². The van der Waals surface area contributed by atoms with E-state index in [0.29, 0.717) is 31.1 Å². The monoisotopic (exact) mass is 378 g/mol. The van der Waals surface area contributed by atoms with Gasteiger partial charge < -0.3 is 19.7 Å². The molecule has 0 aromatic rings. The molecule has 0 bridgehead atoms. The molecule has 0 radical (unpaired) electrons. The number of esters is 2. The van der Waals surface area contributed by atoms with Crippen LogP contribution >= 0.6 is 0 Å². The number of hydrogen-bond donors (Lipinski definition) is 2. The Labute approximate surface area is 158 Å². The van der Waals surface area contributed by atoms with Crippen molar-refractivity contribution in [3.8, 4) is 0 Å². The molecule has 7 heteroatoms. The summed E-state index contributed by atoms with van der Waals surface area (Å²) in [6.07, 6.45) is 1.57. The molecular weight excluding hydrogens is 352 g/mol. The first-order valence-corrected chi connectivity index (χ1v) is 9.08. The third-order valence-corrected chi connectivity index (χ3v) is 5.12. The first-order chi connectivity index (χ1) is 12.8. The van der Waals surface area contributed by atoms with E-state index < -0.39 is 42.1 Å². The van der Waals surface area contributed by atoms with Crippen molar-refractivity contribution in [2.75, 3.05) is 6.61 Å². The summed E-state index contributed by atoms with van der Waals surface area (Å²) < 4.78 is 10.9. The lowest BCUT2D eigenvalue weighted by atomic mass is 9.83. The third-order valence-electron chi connectivity index (χ3n) is 5.12. The van der Waals surface area contributed by atoms with Crippen LogP contribution in [0.25, 0.3) is 0 Å². The predicted octanol–water partition coefficient (Wildman–Crippen LogP) is 1.24. The first kappa shape index (κ1) is 21.1. The fourth-order valence-electron chi connectivity index (χ4n) is 3.18. The Kier molecular flexibility index (Phi) is 7.10. The number of carbonyl (C=O) groups is 3. The van der Waals surface area contributed by atoms with E-state index in [9.17, 15) is 24.6 Å². The van der Waals surface area contributed by atoms with Gasteiger partial charge in [-0.15, -0.1) is 0 Å². The molecule has 0 aromatic heterocycles. The van der Waals surface area contributed by atoms with Crippen LogP contribution in [0, 0.1) is 11.8 Å². The number of ether oxygens (including phenoxy) is 2. The Balaban J connectivity index is 2.50. The second kappa shape index (κ2) is 9.10. The standard InChI is InChI=1S/C20H26O7/c1-4-11(2)19(24)27-18-16-12(3)20(25)26-15(16)8-13(9-21)6-5-7-14(10-22)17(18)23/h7-8,10-11,15-18,21,23H,3-6,9H2,1-2H3/b13-8+,14-7-/t11-,15+,16+,17-,18+/m0/s1. The minimum Gasteiger partial charge on any atom is -0.458 e. The number of carbonyl (C=O) groups excluding carboxylic acids is 3. The molecule has 2 N–H and O–H groups in total. The molecule has 1 fully saturated rings. The van der Waals surface area contributed by atoms with Gasteiger partial charge in [-0.05, 0) is 30.9 Å². The van der Waals surface area contributed by atoms with Gasteiger partial charge in [0.2, 0.25) is 0 Å². The average Bonchev–Trinajstić information content (AvgIpc) is 2.94. The van der Waals surface area contributed by atoms with Gasteiger partial charge in [0, 0.05) is 11.1 Å². The highest BCUT2D eigenvalue weighted by Gasteiger charge is 2.48. The van der Waals surface area contributed by atoms with E-state index in [-0.39, 0.29) is 17.8 Å². The number of rotatable bonds is 5. The fraction of sp³-hybridized carbons (Fsp3) is 0.550. The predicted molar refractivity (Wildman–Crippen MR) is 96.4 cm³/mol. The maximum absolute atomic E-state index is 12.4. The van der Waals surface area contributed by atoms with Crippen LogP contribution in [0.5, 0.6) is 0 Å². The van der Waals surface area contributed by atoms with Crippen molar-refractivity contribution in [3.05, 3.63) is 35.5 Å². The number of aliphatic hydroxyl groups is 2. The molecule has 0 unspecified atom stereocenters. The maximum Gasteiger partial charge on any atom is 0.334 e. The molecule has 1 heterocycles. The Morgan fingerprint density at radius 3 is 2.81 bits per heavy atom. The molecular formula is C20H26O7. The molecule has 27 heavy (non-hydrogen) atoms. The highest BCUT2D eigenvalue weighted by Crippen LogP contribution is 2.36. The smallest absolute Gasteiger partial charge is 0.334 e. The van der Waals surface area contributed by atoms with Crippen molar-refractivity contribution in [2.24, 2.45) is 11.8 Å². The van der Waals surface area contributed by atoms with Gasteiger partial charge in [-0.2, -0.15) is 0 Å². The van der Waals surface area contributed by atoms with Gasteiger partial charge in [0.05, 0.1) is 18.4 Å². The van der Waals surface area contributed by atoms with Gasteiger partial charge >= 0.3 is 11.9 Å². The Bertz CT molecular complexity index is 676. The Morgan fingerprint density at radius 1 is 1.52 bits per heavy atom. The largest absolute Gasteiger partial charge is 0.458 e. The van der Waals surface area contributed by atoms with E-state index in [0.717, 1.165) is 0 Å². The van der Waals surface area contributed by atoms with Crippen LogP contribution in [-0.4, -0.2) is 53.4 Å². The van der Waals surface area contributed by atoms with Crippen molar-refractivity contribution in [2.45, 2.75) is 51.4 Å². The van der Waals surface area contributed by atoms with E-state index in [1.807, 2.05) is 6.92 Å². The molecule has 5 atom stereocenters. The second-order valence-corrected chi connectivity index (χ2v) is 6.92. The van der Waals surface area contributed by atoms with Gasteiger partial charge in [0.1, 0.15) is 24.6 Å². The molecule has 0 spiro atoms. The van der Waals surface area contributed by atoms with Crippen molar-refractivity contribution in [1.29, 1.82) is 0 Å². The molecule has 148 valence electrons. The molecule has 1 aliphatic heterocycles. The number of fused-ring (bicyclic) bond motifs is 1. The van der Waals surface area contributed by atoms with Crippen LogP contribution in [0.4, 0.5) is 0 Å². The highest BCUT2D eigenvalue weighted by atomic mass is 16.6. The molecule has 0 amide bonds. The molecule has 2 aliphatic rings.